The summed E-state index contributed by atoms with van der Waals surface area (Å²) in [7, 11) is 0. The van der Waals surface area contributed by atoms with E-state index in [0.717, 1.165) is 30.3 Å². The second-order valence-corrected chi connectivity index (χ2v) is 10.8. The van der Waals surface area contributed by atoms with Crippen LogP contribution in [0.3, 0.4) is 0 Å². The molecule has 0 radical (unpaired) electrons. The van der Waals surface area contributed by atoms with Crippen molar-refractivity contribution in [1.82, 2.24) is 9.88 Å². The Labute approximate surface area is 215 Å². The fraction of sp³-hybridized carbons (Fsp3) is 0.355. The van der Waals surface area contributed by atoms with Gasteiger partial charge in [0, 0.05) is 37.8 Å². The first-order valence-corrected chi connectivity index (χ1v) is 13.2. The predicted octanol–water partition coefficient (Wildman–Crippen LogP) is 6.29. The lowest BCUT2D eigenvalue weighted by Gasteiger charge is -2.51. The molecule has 2 bridgehead atoms. The third kappa shape index (κ3) is 3.65. The summed E-state index contributed by atoms with van der Waals surface area (Å²) in [5.74, 6) is 0.649. The summed E-state index contributed by atoms with van der Waals surface area (Å²) in [6.07, 6.45) is 3.51. The van der Waals surface area contributed by atoms with E-state index < -0.39 is 5.60 Å². The van der Waals surface area contributed by atoms with Gasteiger partial charge in [-0.15, -0.1) is 0 Å². The minimum Gasteiger partial charge on any atom is -0.448 e. The van der Waals surface area contributed by atoms with Gasteiger partial charge in [-0.2, -0.15) is 0 Å². The summed E-state index contributed by atoms with van der Waals surface area (Å²) < 4.78 is 11.8. The summed E-state index contributed by atoms with van der Waals surface area (Å²) in [5.41, 5.74) is 6.17. The van der Waals surface area contributed by atoms with Crippen LogP contribution in [0, 0.1) is 6.92 Å². The van der Waals surface area contributed by atoms with Gasteiger partial charge in [-0.25, -0.2) is 9.78 Å². The number of aliphatic hydroxyl groups is 1. The first-order valence-electron chi connectivity index (χ1n) is 13.2. The van der Waals surface area contributed by atoms with E-state index in [1.54, 1.807) is 0 Å². The molecule has 2 aliphatic heterocycles. The molecule has 2 unspecified atom stereocenters. The first-order chi connectivity index (χ1) is 18.0. The van der Waals surface area contributed by atoms with Gasteiger partial charge in [0.1, 0.15) is 12.1 Å². The van der Waals surface area contributed by atoms with E-state index in [9.17, 15) is 9.90 Å². The van der Waals surface area contributed by atoms with Crippen LogP contribution in [0.2, 0.25) is 0 Å². The van der Waals surface area contributed by atoms with Gasteiger partial charge < -0.3 is 19.2 Å². The second-order valence-electron chi connectivity index (χ2n) is 10.8. The van der Waals surface area contributed by atoms with Crippen molar-refractivity contribution in [2.45, 2.75) is 62.6 Å². The number of carbonyl (C=O) groups excluding carboxylic acids is 1. The number of hydrogen-bond acceptors (Lipinski definition) is 5. The van der Waals surface area contributed by atoms with Crippen LogP contribution in [0.15, 0.2) is 71.1 Å². The molecule has 1 N–H and O–H groups in total. The third-order valence-corrected chi connectivity index (χ3v) is 8.59. The SMILES string of the molecule is Cc1nc2ccc(C3(O)CC4CCCC(C3)N4C(=O)OCC3c4ccccc4-c4ccccc43)cc2o1. The number of benzene rings is 3. The molecule has 6 heteroatoms. The predicted molar refractivity (Wildman–Crippen MR) is 140 cm³/mol. The van der Waals surface area contributed by atoms with Crippen LogP contribution < -0.4 is 0 Å². The maximum atomic E-state index is 13.5. The molecule has 3 aromatic carbocycles. The zero-order valence-corrected chi connectivity index (χ0v) is 20.9. The molecule has 0 saturated carbocycles. The number of aryl methyl sites for hydroxylation is 1. The lowest BCUT2D eigenvalue weighted by atomic mass is 9.72. The third-order valence-electron chi connectivity index (χ3n) is 8.59. The summed E-state index contributed by atoms with van der Waals surface area (Å²) in [4.78, 5) is 19.8. The lowest BCUT2D eigenvalue weighted by molar-refractivity contribution is -0.0890. The molecule has 2 atom stereocenters. The highest BCUT2D eigenvalue weighted by molar-refractivity contribution is 5.79. The smallest absolute Gasteiger partial charge is 0.410 e. The first kappa shape index (κ1) is 22.5. The summed E-state index contributed by atoms with van der Waals surface area (Å²) in [5, 5.41) is 11.8. The Morgan fingerprint density at radius 2 is 1.68 bits per heavy atom. The van der Waals surface area contributed by atoms with E-state index in [1.807, 2.05) is 42.2 Å². The van der Waals surface area contributed by atoms with Crippen molar-refractivity contribution in [2.75, 3.05) is 6.61 Å². The number of hydrogen-bond donors (Lipinski definition) is 1. The number of carbonyl (C=O) groups is 1. The largest absolute Gasteiger partial charge is 0.448 e. The van der Waals surface area contributed by atoms with Crippen LogP contribution in [-0.2, 0) is 10.3 Å². The van der Waals surface area contributed by atoms with Crippen molar-refractivity contribution < 1.29 is 19.1 Å². The van der Waals surface area contributed by atoms with Crippen molar-refractivity contribution in [2.24, 2.45) is 0 Å². The molecule has 3 aliphatic rings. The van der Waals surface area contributed by atoms with Crippen LogP contribution in [0.1, 0.15) is 60.6 Å². The van der Waals surface area contributed by atoms with Crippen LogP contribution in [-0.4, -0.2) is 39.8 Å². The summed E-state index contributed by atoms with van der Waals surface area (Å²) >= 11 is 0. The Kier molecular flexibility index (Phi) is 5.15. The summed E-state index contributed by atoms with van der Waals surface area (Å²) in [6.45, 7) is 2.14. The Bertz CT molecular complexity index is 1450. The zero-order chi connectivity index (χ0) is 25.1. The fourth-order valence-corrected chi connectivity index (χ4v) is 6.96. The van der Waals surface area contributed by atoms with Gasteiger partial charge in [-0.05, 0) is 59.2 Å². The quantitative estimate of drug-likeness (QED) is 0.362. The molecule has 1 amide bonds. The molecule has 188 valence electrons. The Morgan fingerprint density at radius 3 is 2.35 bits per heavy atom. The number of fused-ring (bicyclic) bond motifs is 6. The van der Waals surface area contributed by atoms with E-state index in [1.165, 1.54) is 22.3 Å². The maximum Gasteiger partial charge on any atom is 0.410 e. The number of rotatable bonds is 3. The molecule has 3 heterocycles. The minimum absolute atomic E-state index is 0.0370. The standard InChI is InChI=1S/C31H30N2O4/c1-19-32-28-14-13-20(15-29(28)37-19)31(35)16-21-7-6-8-22(17-31)33(21)30(34)36-18-27-25-11-4-2-9-23(25)24-10-3-5-12-26(24)27/h2-5,9-15,21-22,27,35H,6-8,16-18H2,1H3. The minimum atomic E-state index is -1.01. The maximum absolute atomic E-state index is 13.5. The van der Waals surface area contributed by atoms with Gasteiger partial charge >= 0.3 is 6.09 Å². The van der Waals surface area contributed by atoms with Crippen molar-refractivity contribution in [3.8, 4) is 11.1 Å². The molecule has 1 aliphatic carbocycles. The Hall–Kier alpha value is -3.64. The van der Waals surface area contributed by atoms with Gasteiger partial charge in [0.15, 0.2) is 11.5 Å². The molecule has 2 fully saturated rings. The van der Waals surface area contributed by atoms with E-state index in [2.05, 4.69) is 41.4 Å². The molecule has 2 saturated heterocycles. The monoisotopic (exact) mass is 494 g/mol. The normalized spacial score (nSPS) is 24.6. The molecular formula is C31H30N2O4. The highest BCUT2D eigenvalue weighted by Crippen LogP contribution is 2.47. The molecule has 0 spiro atoms. The number of amides is 1. The van der Waals surface area contributed by atoms with Crippen molar-refractivity contribution in [3.63, 3.8) is 0 Å². The van der Waals surface area contributed by atoms with E-state index >= 15 is 0 Å². The van der Waals surface area contributed by atoms with Crippen LogP contribution in [0.5, 0.6) is 0 Å². The van der Waals surface area contributed by atoms with E-state index in [-0.39, 0.29) is 24.1 Å². The van der Waals surface area contributed by atoms with Gasteiger partial charge in [0.2, 0.25) is 0 Å². The Morgan fingerprint density at radius 1 is 1.03 bits per heavy atom. The average Bonchev–Trinajstić information content (AvgIpc) is 3.43. The number of ether oxygens (including phenoxy) is 1. The van der Waals surface area contributed by atoms with E-state index in [4.69, 9.17) is 9.15 Å². The van der Waals surface area contributed by atoms with Gasteiger partial charge in [-0.1, -0.05) is 54.6 Å². The van der Waals surface area contributed by atoms with Crippen molar-refractivity contribution in [3.05, 3.63) is 89.3 Å². The zero-order valence-electron chi connectivity index (χ0n) is 20.9. The molecule has 7 rings (SSSR count). The van der Waals surface area contributed by atoms with Gasteiger partial charge in [0.05, 0.1) is 5.60 Å². The highest BCUT2D eigenvalue weighted by Gasteiger charge is 2.49. The molecule has 6 nitrogen and oxygen atoms in total. The molecule has 1 aromatic heterocycles. The van der Waals surface area contributed by atoms with Crippen LogP contribution in [0.4, 0.5) is 4.79 Å². The van der Waals surface area contributed by atoms with Gasteiger partial charge in [0.25, 0.3) is 0 Å². The Balaban J connectivity index is 1.11. The van der Waals surface area contributed by atoms with Crippen molar-refractivity contribution >= 4 is 17.2 Å². The van der Waals surface area contributed by atoms with Gasteiger partial charge in [-0.3, -0.25) is 0 Å². The molecule has 37 heavy (non-hydrogen) atoms. The lowest BCUT2D eigenvalue weighted by Crippen LogP contribution is -2.59. The van der Waals surface area contributed by atoms with Crippen molar-refractivity contribution in [1.29, 1.82) is 0 Å². The molecular weight excluding hydrogens is 464 g/mol. The highest BCUT2D eigenvalue weighted by atomic mass is 16.6. The number of piperidine rings is 2. The van der Waals surface area contributed by atoms with Crippen LogP contribution in [0.25, 0.3) is 22.2 Å². The van der Waals surface area contributed by atoms with E-state index in [0.29, 0.717) is 30.9 Å². The average molecular weight is 495 g/mol. The molecule has 4 aromatic rings. The second kappa shape index (κ2) is 8.45. The number of oxazole rings is 1. The number of nitrogens with zero attached hydrogens (tertiary/aromatic N) is 2. The van der Waals surface area contributed by atoms with Crippen LogP contribution >= 0.6 is 0 Å². The topological polar surface area (TPSA) is 75.8 Å². The number of aromatic nitrogens is 1. The fourth-order valence-electron chi connectivity index (χ4n) is 6.96. The summed E-state index contributed by atoms with van der Waals surface area (Å²) in [6, 6.07) is 22.4.